The molecule has 3 N–H and O–H groups in total. The highest BCUT2D eigenvalue weighted by Crippen LogP contribution is 2.32. The van der Waals surface area contributed by atoms with Crippen LogP contribution in [-0.4, -0.2) is 9.97 Å². The molecule has 2 aromatic carbocycles. The molecule has 25 heavy (non-hydrogen) atoms. The zero-order valence-corrected chi connectivity index (χ0v) is 14.4. The van der Waals surface area contributed by atoms with Crippen LogP contribution in [0.2, 0.25) is 0 Å². The number of anilines is 1. The third kappa shape index (κ3) is 4.57. The predicted molar refractivity (Wildman–Crippen MR) is 95.6 cm³/mol. The molecule has 0 bridgehead atoms. The van der Waals surface area contributed by atoms with Gasteiger partial charge in [-0.05, 0) is 46.3 Å². The number of ether oxygens (including phenoxy) is 1. The first-order chi connectivity index (χ1) is 12.0. The molecule has 0 spiro atoms. The van der Waals surface area contributed by atoms with Crippen LogP contribution in [0.1, 0.15) is 5.69 Å². The normalized spacial score (nSPS) is 10.5. The van der Waals surface area contributed by atoms with Gasteiger partial charge in [0.05, 0.1) is 11.0 Å². The largest absolute Gasteiger partial charge is 0.456 e. The van der Waals surface area contributed by atoms with Gasteiger partial charge in [-0.25, -0.2) is 9.18 Å². The van der Waals surface area contributed by atoms with Crippen molar-refractivity contribution in [2.24, 2.45) is 0 Å². The molecule has 0 fully saturated rings. The molecule has 0 aliphatic carbocycles. The van der Waals surface area contributed by atoms with E-state index in [1.165, 1.54) is 18.2 Å². The van der Waals surface area contributed by atoms with Gasteiger partial charge in [0.15, 0.2) is 0 Å². The molecule has 0 aliphatic rings. The molecular weight excluding hydrogens is 393 g/mol. The molecule has 0 amide bonds. The molecule has 1 heterocycles. The average Bonchev–Trinajstić information content (AvgIpc) is 2.54. The third-order valence-corrected chi connectivity index (χ3v) is 3.87. The quantitative estimate of drug-likeness (QED) is 0.607. The fraction of sp³-hybridized carbons (Fsp3) is 0.0588. The molecule has 0 saturated carbocycles. The second kappa shape index (κ2) is 7.35. The number of hydrogen-bond donors (Lipinski definition) is 3. The van der Waals surface area contributed by atoms with Crippen molar-refractivity contribution in [3.8, 4) is 11.5 Å². The number of benzene rings is 2. The van der Waals surface area contributed by atoms with Crippen LogP contribution < -0.4 is 21.3 Å². The Morgan fingerprint density at radius 1 is 1.08 bits per heavy atom. The summed E-state index contributed by atoms with van der Waals surface area (Å²) >= 11 is 3.40. The Bertz CT molecular complexity index is 988. The predicted octanol–water partition coefficient (Wildman–Crippen LogP) is 3.37. The second-order valence-corrected chi connectivity index (χ2v) is 6.03. The summed E-state index contributed by atoms with van der Waals surface area (Å²) in [5.74, 6) is 0.543. The summed E-state index contributed by atoms with van der Waals surface area (Å²) in [6, 6.07) is 12.4. The number of hydrogen-bond acceptors (Lipinski definition) is 4. The van der Waals surface area contributed by atoms with Crippen LogP contribution in [0.5, 0.6) is 11.5 Å². The van der Waals surface area contributed by atoms with E-state index in [2.05, 4.69) is 31.2 Å². The summed E-state index contributed by atoms with van der Waals surface area (Å²) in [6.45, 7) is 0.274. The van der Waals surface area contributed by atoms with E-state index in [4.69, 9.17) is 4.74 Å². The zero-order chi connectivity index (χ0) is 17.8. The van der Waals surface area contributed by atoms with E-state index >= 15 is 0 Å². The summed E-state index contributed by atoms with van der Waals surface area (Å²) in [7, 11) is 0. The van der Waals surface area contributed by atoms with Gasteiger partial charge in [0.1, 0.15) is 17.3 Å². The van der Waals surface area contributed by atoms with E-state index in [0.29, 0.717) is 21.7 Å². The smallest absolute Gasteiger partial charge is 0.325 e. The zero-order valence-electron chi connectivity index (χ0n) is 12.8. The van der Waals surface area contributed by atoms with Gasteiger partial charge in [-0.3, -0.25) is 9.78 Å². The molecule has 8 heteroatoms. The number of aromatic amines is 2. The Kier molecular flexibility index (Phi) is 4.99. The van der Waals surface area contributed by atoms with E-state index < -0.39 is 11.2 Å². The van der Waals surface area contributed by atoms with Crippen molar-refractivity contribution in [2.45, 2.75) is 6.54 Å². The number of rotatable bonds is 5. The van der Waals surface area contributed by atoms with E-state index in [0.717, 1.165) is 5.69 Å². The lowest BCUT2D eigenvalue weighted by Crippen LogP contribution is -2.23. The Morgan fingerprint density at radius 2 is 1.92 bits per heavy atom. The molecule has 0 atom stereocenters. The minimum atomic E-state index is -0.552. The first kappa shape index (κ1) is 17.0. The van der Waals surface area contributed by atoms with Crippen LogP contribution in [0, 0.1) is 5.82 Å². The van der Waals surface area contributed by atoms with E-state index in [-0.39, 0.29) is 12.4 Å². The van der Waals surface area contributed by atoms with Gasteiger partial charge in [-0.1, -0.05) is 6.07 Å². The maximum absolute atomic E-state index is 13.2. The van der Waals surface area contributed by atoms with Gasteiger partial charge < -0.3 is 15.0 Å². The molecule has 0 aliphatic heterocycles. The van der Waals surface area contributed by atoms with Gasteiger partial charge in [0.25, 0.3) is 5.56 Å². The van der Waals surface area contributed by atoms with Crippen molar-refractivity contribution in [3.63, 3.8) is 0 Å². The Labute approximate surface area is 149 Å². The Hall–Kier alpha value is -2.87. The van der Waals surface area contributed by atoms with Gasteiger partial charge in [0, 0.05) is 23.5 Å². The van der Waals surface area contributed by atoms with Crippen LogP contribution in [0.25, 0.3) is 0 Å². The molecule has 0 unspecified atom stereocenters. The minimum Gasteiger partial charge on any atom is -0.456 e. The number of H-pyrrole nitrogens is 2. The maximum atomic E-state index is 13.2. The lowest BCUT2D eigenvalue weighted by atomic mass is 10.3. The summed E-state index contributed by atoms with van der Waals surface area (Å²) in [5, 5.41) is 3.09. The highest BCUT2D eigenvalue weighted by Gasteiger charge is 2.06. The number of halogens is 2. The van der Waals surface area contributed by atoms with Crippen molar-refractivity contribution in [1.29, 1.82) is 0 Å². The topological polar surface area (TPSA) is 87.0 Å². The number of nitrogens with one attached hydrogen (secondary N) is 3. The summed E-state index contributed by atoms with van der Waals surface area (Å²) in [5.41, 5.74) is 0.203. The Morgan fingerprint density at radius 3 is 2.64 bits per heavy atom. The van der Waals surface area contributed by atoms with Crippen LogP contribution in [-0.2, 0) is 6.54 Å². The van der Waals surface area contributed by atoms with Crippen molar-refractivity contribution in [1.82, 2.24) is 9.97 Å². The fourth-order valence-corrected chi connectivity index (χ4v) is 2.62. The van der Waals surface area contributed by atoms with Gasteiger partial charge in [-0.2, -0.15) is 0 Å². The fourth-order valence-electron chi connectivity index (χ4n) is 2.16. The van der Waals surface area contributed by atoms with Crippen molar-refractivity contribution in [2.75, 3.05) is 5.32 Å². The first-order valence-electron chi connectivity index (χ1n) is 7.29. The first-order valence-corrected chi connectivity index (χ1v) is 8.08. The van der Waals surface area contributed by atoms with Crippen LogP contribution in [0.15, 0.2) is 62.6 Å². The van der Waals surface area contributed by atoms with E-state index in [9.17, 15) is 14.0 Å². The van der Waals surface area contributed by atoms with E-state index in [1.54, 1.807) is 30.3 Å². The van der Waals surface area contributed by atoms with Crippen molar-refractivity contribution < 1.29 is 9.13 Å². The van der Waals surface area contributed by atoms with Gasteiger partial charge >= 0.3 is 5.69 Å². The van der Waals surface area contributed by atoms with Gasteiger partial charge in [0.2, 0.25) is 0 Å². The van der Waals surface area contributed by atoms with Gasteiger partial charge in [-0.15, -0.1) is 0 Å². The van der Waals surface area contributed by atoms with Crippen molar-refractivity contribution >= 4 is 21.6 Å². The summed E-state index contributed by atoms with van der Waals surface area (Å²) < 4.78 is 19.5. The highest BCUT2D eigenvalue weighted by atomic mass is 79.9. The molecule has 0 saturated heterocycles. The van der Waals surface area contributed by atoms with Crippen LogP contribution in [0.3, 0.4) is 0 Å². The average molecular weight is 406 g/mol. The Balaban J connectivity index is 1.71. The molecule has 1 aromatic heterocycles. The molecule has 0 radical (unpaired) electrons. The maximum Gasteiger partial charge on any atom is 0.325 e. The van der Waals surface area contributed by atoms with Crippen LogP contribution in [0.4, 0.5) is 10.1 Å². The molecule has 3 aromatic rings. The lowest BCUT2D eigenvalue weighted by Gasteiger charge is -2.11. The SMILES string of the molecule is O=c1cc(CNc2ccc(Oc3cccc(F)c3)c(Br)c2)[nH]c(=O)[nH]1. The minimum absolute atomic E-state index is 0.274. The molecule has 6 nitrogen and oxygen atoms in total. The molecular formula is C17H13BrFN3O3. The standard InChI is InChI=1S/C17H13BrFN3O3/c18-14-7-11(20-9-12-8-16(23)22-17(24)21-12)4-5-15(14)25-13-3-1-2-10(19)6-13/h1-8,20H,9H2,(H2,21,22,23,24). The number of aromatic nitrogens is 2. The summed E-state index contributed by atoms with van der Waals surface area (Å²) in [6.07, 6.45) is 0. The molecule has 3 rings (SSSR count). The second-order valence-electron chi connectivity index (χ2n) is 5.17. The third-order valence-electron chi connectivity index (χ3n) is 3.25. The molecule has 128 valence electrons. The highest BCUT2D eigenvalue weighted by molar-refractivity contribution is 9.10. The van der Waals surface area contributed by atoms with E-state index in [1.807, 2.05) is 0 Å². The summed E-state index contributed by atoms with van der Waals surface area (Å²) in [4.78, 5) is 27.1. The van der Waals surface area contributed by atoms with Crippen molar-refractivity contribution in [3.05, 3.63) is 85.4 Å². The van der Waals surface area contributed by atoms with Crippen LogP contribution >= 0.6 is 15.9 Å². The monoisotopic (exact) mass is 405 g/mol. The lowest BCUT2D eigenvalue weighted by molar-refractivity contribution is 0.474.